The van der Waals surface area contributed by atoms with Crippen LogP contribution in [0.4, 0.5) is 0 Å². The molecule has 1 aliphatic carbocycles. The first kappa shape index (κ1) is 5.65. The Balaban J connectivity index is 2.08. The van der Waals surface area contributed by atoms with Gasteiger partial charge in [-0.3, -0.25) is 0 Å². The third-order valence-corrected chi connectivity index (χ3v) is 2.45. The van der Waals surface area contributed by atoms with Crippen molar-refractivity contribution in [3.8, 4) is 0 Å². The molecule has 0 radical (unpaired) electrons. The smallest absolute Gasteiger partial charge is 0.158 e. The minimum atomic E-state index is -0.600. The predicted octanol–water partition coefficient (Wildman–Crippen LogP) is -0.666. The number of ether oxygens (including phenoxy) is 1. The second-order valence-electron chi connectivity index (χ2n) is 3.03. The summed E-state index contributed by atoms with van der Waals surface area (Å²) in [6, 6.07) is 0. The van der Waals surface area contributed by atoms with Crippen molar-refractivity contribution in [3.63, 3.8) is 0 Å². The molecule has 2 N–H and O–H groups in total. The summed E-state index contributed by atoms with van der Waals surface area (Å²) >= 11 is 0. The molecule has 2 fully saturated rings. The van der Waals surface area contributed by atoms with Gasteiger partial charge in [0.15, 0.2) is 6.29 Å². The summed E-state index contributed by atoms with van der Waals surface area (Å²) in [4.78, 5) is 0. The molecule has 9 heavy (non-hydrogen) atoms. The van der Waals surface area contributed by atoms with Crippen molar-refractivity contribution in [2.24, 2.45) is 11.3 Å². The number of rotatable bonds is 1. The van der Waals surface area contributed by atoms with Gasteiger partial charge < -0.3 is 14.9 Å². The topological polar surface area (TPSA) is 49.7 Å². The Bertz CT molecular complexity index is 136. The molecule has 3 atom stereocenters. The first-order valence-corrected chi connectivity index (χ1v) is 3.19. The number of hydrogen-bond acceptors (Lipinski definition) is 3. The van der Waals surface area contributed by atoms with E-state index < -0.39 is 6.29 Å². The molecule has 2 rings (SSSR count). The van der Waals surface area contributed by atoms with Gasteiger partial charge in [0.2, 0.25) is 0 Å². The Labute approximate surface area is 53.3 Å². The van der Waals surface area contributed by atoms with Gasteiger partial charge in [-0.2, -0.15) is 0 Å². The molecule has 0 aromatic rings. The lowest BCUT2D eigenvalue weighted by Crippen LogP contribution is -2.10. The lowest BCUT2D eigenvalue weighted by atomic mass is 10.1. The predicted molar refractivity (Wildman–Crippen MR) is 29.6 cm³/mol. The Hall–Kier alpha value is -0.120. The fourth-order valence-corrected chi connectivity index (χ4v) is 1.54. The number of hydrogen-bond donors (Lipinski definition) is 2. The van der Waals surface area contributed by atoms with Gasteiger partial charge in [0.05, 0.1) is 13.2 Å². The van der Waals surface area contributed by atoms with Crippen molar-refractivity contribution in [1.29, 1.82) is 0 Å². The van der Waals surface area contributed by atoms with E-state index in [2.05, 4.69) is 0 Å². The lowest BCUT2D eigenvalue weighted by molar-refractivity contribution is -0.0840. The maximum atomic E-state index is 9.00. The summed E-state index contributed by atoms with van der Waals surface area (Å²) in [5.41, 5.74) is -0.0422. The van der Waals surface area contributed by atoms with Gasteiger partial charge in [0.25, 0.3) is 0 Å². The van der Waals surface area contributed by atoms with E-state index in [4.69, 9.17) is 14.9 Å². The van der Waals surface area contributed by atoms with Crippen LogP contribution in [0.2, 0.25) is 0 Å². The summed E-state index contributed by atoms with van der Waals surface area (Å²) in [5, 5.41) is 17.8. The Kier molecular flexibility index (Phi) is 0.928. The van der Waals surface area contributed by atoms with Gasteiger partial charge in [-0.25, -0.2) is 0 Å². The van der Waals surface area contributed by atoms with Gasteiger partial charge in [-0.1, -0.05) is 0 Å². The van der Waals surface area contributed by atoms with Gasteiger partial charge in [0, 0.05) is 11.3 Å². The molecule has 0 aromatic heterocycles. The van der Waals surface area contributed by atoms with E-state index in [1.807, 2.05) is 0 Å². The third kappa shape index (κ3) is 0.569. The van der Waals surface area contributed by atoms with Crippen LogP contribution in [0.25, 0.3) is 0 Å². The zero-order valence-corrected chi connectivity index (χ0v) is 5.08. The van der Waals surface area contributed by atoms with Gasteiger partial charge in [-0.05, 0) is 6.42 Å². The van der Waals surface area contributed by atoms with Crippen LogP contribution in [0, 0.1) is 11.3 Å². The zero-order chi connectivity index (χ0) is 6.48. The maximum Gasteiger partial charge on any atom is 0.158 e. The normalized spacial score (nSPS) is 55.3. The highest BCUT2D eigenvalue weighted by atomic mass is 16.6. The lowest BCUT2D eigenvalue weighted by Gasteiger charge is -2.03. The second kappa shape index (κ2) is 1.48. The quantitative estimate of drug-likeness (QED) is 0.495. The van der Waals surface area contributed by atoms with Crippen LogP contribution in [0.3, 0.4) is 0 Å². The van der Waals surface area contributed by atoms with E-state index in [1.165, 1.54) is 0 Å². The second-order valence-corrected chi connectivity index (χ2v) is 3.03. The van der Waals surface area contributed by atoms with Crippen molar-refractivity contribution < 1.29 is 14.9 Å². The highest BCUT2D eigenvalue weighted by Crippen LogP contribution is 2.58. The molecule has 1 heterocycles. The molecular weight excluding hydrogens is 120 g/mol. The van der Waals surface area contributed by atoms with Crippen LogP contribution in [-0.2, 0) is 4.74 Å². The van der Waals surface area contributed by atoms with Gasteiger partial charge in [-0.15, -0.1) is 0 Å². The van der Waals surface area contributed by atoms with Crippen molar-refractivity contribution in [3.05, 3.63) is 0 Å². The zero-order valence-electron chi connectivity index (χ0n) is 5.08. The van der Waals surface area contributed by atoms with E-state index in [9.17, 15) is 0 Å². The maximum absolute atomic E-state index is 9.00. The standard InChI is InChI=1S/C6H10O3/c7-2-6-1-4(6)5(8)9-3-6/h4-5,7-8H,1-3H2. The van der Waals surface area contributed by atoms with Crippen LogP contribution < -0.4 is 0 Å². The van der Waals surface area contributed by atoms with E-state index in [-0.39, 0.29) is 17.9 Å². The molecule has 52 valence electrons. The minimum Gasteiger partial charge on any atom is -0.396 e. The molecule has 2 aliphatic rings. The summed E-state index contributed by atoms with van der Waals surface area (Å²) < 4.78 is 4.90. The molecule has 3 heteroatoms. The monoisotopic (exact) mass is 130 g/mol. The summed E-state index contributed by atoms with van der Waals surface area (Å²) in [6.07, 6.45) is 0.335. The van der Waals surface area contributed by atoms with Crippen molar-refractivity contribution in [2.75, 3.05) is 13.2 Å². The molecular formula is C6H10O3. The van der Waals surface area contributed by atoms with Crippen LogP contribution in [0.1, 0.15) is 6.42 Å². The molecule has 1 saturated carbocycles. The van der Waals surface area contributed by atoms with Crippen LogP contribution in [-0.4, -0.2) is 29.7 Å². The van der Waals surface area contributed by atoms with Crippen LogP contribution >= 0.6 is 0 Å². The minimum absolute atomic E-state index is 0.0422. The summed E-state index contributed by atoms with van der Waals surface area (Å²) in [7, 11) is 0. The Morgan fingerprint density at radius 1 is 1.67 bits per heavy atom. The number of aliphatic hydroxyl groups is 2. The van der Waals surface area contributed by atoms with Gasteiger partial charge in [0.1, 0.15) is 0 Å². The molecule has 3 unspecified atom stereocenters. The SMILES string of the molecule is OCC12COC(O)C1C2. The van der Waals surface area contributed by atoms with E-state index in [1.54, 1.807) is 0 Å². The van der Waals surface area contributed by atoms with E-state index in [0.717, 1.165) is 6.42 Å². The average molecular weight is 130 g/mol. The summed E-state index contributed by atoms with van der Waals surface area (Å²) in [5.74, 6) is 0.225. The Morgan fingerprint density at radius 3 is 2.67 bits per heavy atom. The van der Waals surface area contributed by atoms with Gasteiger partial charge >= 0.3 is 0 Å². The van der Waals surface area contributed by atoms with Crippen molar-refractivity contribution in [2.45, 2.75) is 12.7 Å². The molecule has 0 bridgehead atoms. The third-order valence-electron chi connectivity index (χ3n) is 2.45. The van der Waals surface area contributed by atoms with Crippen molar-refractivity contribution in [1.82, 2.24) is 0 Å². The molecule has 3 nitrogen and oxygen atoms in total. The van der Waals surface area contributed by atoms with Crippen LogP contribution in [0.15, 0.2) is 0 Å². The highest BCUT2D eigenvalue weighted by Gasteiger charge is 2.62. The largest absolute Gasteiger partial charge is 0.396 e. The molecule has 1 aliphatic heterocycles. The fraction of sp³-hybridized carbons (Fsp3) is 1.00. The molecule has 0 spiro atoms. The van der Waals surface area contributed by atoms with E-state index >= 15 is 0 Å². The molecule has 1 saturated heterocycles. The molecule has 0 amide bonds. The Morgan fingerprint density at radius 2 is 2.44 bits per heavy atom. The molecule has 0 aromatic carbocycles. The van der Waals surface area contributed by atoms with Crippen molar-refractivity contribution >= 4 is 0 Å². The van der Waals surface area contributed by atoms with E-state index in [0.29, 0.717) is 6.61 Å². The first-order valence-electron chi connectivity index (χ1n) is 3.19. The summed E-state index contributed by atoms with van der Waals surface area (Å²) in [6.45, 7) is 0.698. The average Bonchev–Trinajstić information content (AvgIpc) is 2.53. The fourth-order valence-electron chi connectivity index (χ4n) is 1.54. The van der Waals surface area contributed by atoms with Crippen LogP contribution in [0.5, 0.6) is 0 Å². The first-order chi connectivity index (χ1) is 4.28. The highest BCUT2D eigenvalue weighted by molar-refractivity contribution is 5.06. The number of aliphatic hydroxyl groups excluding tert-OH is 2. The number of fused-ring (bicyclic) bond motifs is 1.